The first-order chi connectivity index (χ1) is 16.5. The van der Waals surface area contributed by atoms with Crippen LogP contribution in [0.2, 0.25) is 0 Å². The summed E-state index contributed by atoms with van der Waals surface area (Å²) in [4.78, 5) is 17.7. The highest BCUT2D eigenvalue weighted by molar-refractivity contribution is 6.05. The van der Waals surface area contributed by atoms with Crippen LogP contribution in [0.15, 0.2) is 78.9 Å². The molecule has 0 saturated heterocycles. The number of aryl methyl sites for hydroxylation is 2. The quantitative estimate of drug-likeness (QED) is 0.321. The second-order valence-electron chi connectivity index (χ2n) is 8.55. The van der Waals surface area contributed by atoms with Gasteiger partial charge < -0.3 is 15.7 Å². The van der Waals surface area contributed by atoms with Crippen molar-refractivity contribution < 1.29 is 9.90 Å². The van der Waals surface area contributed by atoms with Crippen molar-refractivity contribution in [3.05, 3.63) is 107 Å². The van der Waals surface area contributed by atoms with Crippen molar-refractivity contribution in [2.24, 2.45) is 0 Å². The molecule has 0 spiro atoms. The van der Waals surface area contributed by atoms with Gasteiger partial charge in [-0.05, 0) is 67.4 Å². The maximum absolute atomic E-state index is 12.9. The fourth-order valence-corrected chi connectivity index (χ4v) is 4.12. The van der Waals surface area contributed by atoms with Crippen LogP contribution in [0.1, 0.15) is 32.7 Å². The largest absolute Gasteiger partial charge is 0.508 e. The van der Waals surface area contributed by atoms with Gasteiger partial charge in [-0.3, -0.25) is 9.78 Å². The van der Waals surface area contributed by atoms with Crippen LogP contribution in [0.3, 0.4) is 0 Å². The zero-order chi connectivity index (χ0) is 23.7. The Morgan fingerprint density at radius 2 is 1.79 bits per heavy atom. The minimum atomic E-state index is -0.158. The third-order valence-corrected chi connectivity index (χ3v) is 5.92. The summed E-state index contributed by atoms with van der Waals surface area (Å²) < 4.78 is 0. The van der Waals surface area contributed by atoms with Crippen molar-refractivity contribution in [1.29, 1.82) is 0 Å². The minimum Gasteiger partial charge on any atom is -0.508 e. The lowest BCUT2D eigenvalue weighted by Gasteiger charge is -2.16. The number of amides is 1. The summed E-state index contributed by atoms with van der Waals surface area (Å²) in [5, 5.41) is 16.4. The summed E-state index contributed by atoms with van der Waals surface area (Å²) in [7, 11) is 0. The van der Waals surface area contributed by atoms with E-state index < -0.39 is 0 Å². The zero-order valence-corrected chi connectivity index (χ0v) is 19.1. The molecule has 1 aliphatic carbocycles. The average Bonchev–Trinajstić information content (AvgIpc) is 3.29. The second-order valence-corrected chi connectivity index (χ2v) is 8.55. The molecule has 4 aromatic rings. The third-order valence-electron chi connectivity index (χ3n) is 5.92. The summed E-state index contributed by atoms with van der Waals surface area (Å²) in [6.45, 7) is 4.01. The van der Waals surface area contributed by atoms with Gasteiger partial charge in [0, 0.05) is 40.2 Å². The lowest BCUT2D eigenvalue weighted by Crippen LogP contribution is -2.12. The number of pyridine rings is 1. The number of carbonyl (C=O) groups excluding carboxylic acids is 1. The second kappa shape index (κ2) is 8.87. The molecule has 0 unspecified atom stereocenters. The first kappa shape index (κ1) is 21.5. The van der Waals surface area contributed by atoms with Crippen LogP contribution < -0.4 is 10.6 Å². The van der Waals surface area contributed by atoms with E-state index in [0.29, 0.717) is 5.56 Å². The highest BCUT2D eigenvalue weighted by Crippen LogP contribution is 2.34. The molecule has 0 bridgehead atoms. The Bertz CT molecular complexity index is 1440. The molecule has 1 amide bonds. The molecule has 5 rings (SSSR count). The van der Waals surface area contributed by atoms with Gasteiger partial charge in [0.05, 0.1) is 11.4 Å². The Morgan fingerprint density at radius 3 is 2.62 bits per heavy atom. The van der Waals surface area contributed by atoms with Crippen LogP contribution >= 0.6 is 0 Å². The number of nitrogens with one attached hydrogen (secondary N) is 2. The fraction of sp³-hybridized carbons (Fsp3) is 0.103. The van der Waals surface area contributed by atoms with Crippen LogP contribution in [0.4, 0.5) is 17.1 Å². The normalized spacial score (nSPS) is 11.8. The number of aromatic hydroxyl groups is 1. The van der Waals surface area contributed by atoms with Crippen LogP contribution in [-0.4, -0.2) is 16.0 Å². The van der Waals surface area contributed by atoms with E-state index in [1.165, 1.54) is 0 Å². The van der Waals surface area contributed by atoms with Crippen molar-refractivity contribution in [1.82, 2.24) is 4.98 Å². The molecular weight excluding hydrogens is 422 g/mol. The van der Waals surface area contributed by atoms with Gasteiger partial charge in [0.25, 0.3) is 5.91 Å². The molecule has 0 saturated carbocycles. The van der Waals surface area contributed by atoms with Crippen LogP contribution in [-0.2, 0) is 6.42 Å². The highest BCUT2D eigenvalue weighted by atomic mass is 16.3. The van der Waals surface area contributed by atoms with E-state index in [2.05, 4.69) is 22.8 Å². The number of anilines is 3. The predicted octanol–water partition coefficient (Wildman–Crippen LogP) is 6.64. The Hall–Kier alpha value is -4.38. The number of aromatic nitrogens is 1. The summed E-state index contributed by atoms with van der Waals surface area (Å²) >= 11 is 0. The van der Waals surface area contributed by atoms with Gasteiger partial charge in [-0.25, -0.2) is 0 Å². The number of benzene rings is 3. The van der Waals surface area contributed by atoms with Gasteiger partial charge in [0.2, 0.25) is 0 Å². The van der Waals surface area contributed by atoms with E-state index in [9.17, 15) is 9.90 Å². The SMILES string of the molecule is Cc1cccc(NC(=O)c2ccc(C)c(Nc3cc(-c4cccc(O)c4)nc4c3C=CC4)c2)c1. The maximum atomic E-state index is 12.9. The molecule has 168 valence electrons. The summed E-state index contributed by atoms with van der Waals surface area (Å²) in [6, 6.07) is 22.5. The molecule has 0 atom stereocenters. The molecule has 0 fully saturated rings. The van der Waals surface area contributed by atoms with Gasteiger partial charge in [-0.2, -0.15) is 0 Å². The standard InChI is InChI=1S/C29H25N3O2/c1-18-6-3-8-22(14-18)30-29(34)21-13-12-19(2)26(16-21)32-28-17-27(20-7-4-9-23(33)15-20)31-25-11-5-10-24(25)28/h3-10,12-17,33H,11H2,1-2H3,(H,30,34)(H,31,32). The first-order valence-electron chi connectivity index (χ1n) is 11.2. The number of hydrogen-bond donors (Lipinski definition) is 3. The molecule has 1 aliphatic rings. The van der Waals surface area contributed by atoms with E-state index in [4.69, 9.17) is 4.98 Å². The molecule has 0 aliphatic heterocycles. The van der Waals surface area contributed by atoms with E-state index in [0.717, 1.165) is 57.1 Å². The molecular formula is C29H25N3O2. The van der Waals surface area contributed by atoms with Gasteiger partial charge >= 0.3 is 0 Å². The van der Waals surface area contributed by atoms with E-state index in [1.807, 2.05) is 74.5 Å². The van der Waals surface area contributed by atoms with Gasteiger partial charge in [-0.15, -0.1) is 0 Å². The highest BCUT2D eigenvalue weighted by Gasteiger charge is 2.17. The summed E-state index contributed by atoms with van der Waals surface area (Å²) in [5.41, 5.74) is 8.88. The van der Waals surface area contributed by atoms with E-state index in [-0.39, 0.29) is 11.7 Å². The summed E-state index contributed by atoms with van der Waals surface area (Å²) in [5.74, 6) is 0.0459. The van der Waals surface area contributed by atoms with Crippen molar-refractivity contribution in [2.45, 2.75) is 20.3 Å². The number of rotatable bonds is 5. The van der Waals surface area contributed by atoms with Gasteiger partial charge in [0.15, 0.2) is 0 Å². The number of hydrogen-bond acceptors (Lipinski definition) is 4. The Balaban J connectivity index is 1.47. The number of allylic oxidation sites excluding steroid dienone is 1. The smallest absolute Gasteiger partial charge is 0.255 e. The molecule has 34 heavy (non-hydrogen) atoms. The lowest BCUT2D eigenvalue weighted by atomic mass is 10.1. The molecule has 3 N–H and O–H groups in total. The van der Waals surface area contributed by atoms with E-state index in [1.54, 1.807) is 12.1 Å². The average molecular weight is 448 g/mol. The third kappa shape index (κ3) is 4.41. The predicted molar refractivity (Wildman–Crippen MR) is 138 cm³/mol. The monoisotopic (exact) mass is 447 g/mol. The van der Waals surface area contributed by atoms with Crippen molar-refractivity contribution >= 4 is 29.0 Å². The first-order valence-corrected chi connectivity index (χ1v) is 11.2. The number of nitrogens with zero attached hydrogens (tertiary/aromatic N) is 1. The number of phenols is 1. The van der Waals surface area contributed by atoms with Gasteiger partial charge in [-0.1, -0.05) is 42.5 Å². The van der Waals surface area contributed by atoms with Crippen molar-refractivity contribution in [2.75, 3.05) is 10.6 Å². The van der Waals surface area contributed by atoms with Crippen LogP contribution in [0.25, 0.3) is 17.3 Å². The topological polar surface area (TPSA) is 74.2 Å². The Kier molecular flexibility index (Phi) is 5.60. The van der Waals surface area contributed by atoms with E-state index >= 15 is 0 Å². The van der Waals surface area contributed by atoms with Crippen LogP contribution in [0.5, 0.6) is 5.75 Å². The zero-order valence-electron chi connectivity index (χ0n) is 19.1. The molecule has 5 heteroatoms. The number of fused-ring (bicyclic) bond motifs is 1. The Labute approximate surface area is 198 Å². The minimum absolute atomic E-state index is 0.158. The molecule has 5 nitrogen and oxygen atoms in total. The maximum Gasteiger partial charge on any atom is 0.255 e. The van der Waals surface area contributed by atoms with Crippen molar-refractivity contribution in [3.63, 3.8) is 0 Å². The Morgan fingerprint density at radius 1 is 0.941 bits per heavy atom. The summed E-state index contributed by atoms with van der Waals surface area (Å²) in [6.07, 6.45) is 4.92. The number of carbonyl (C=O) groups is 1. The van der Waals surface area contributed by atoms with Crippen molar-refractivity contribution in [3.8, 4) is 17.0 Å². The molecule has 0 radical (unpaired) electrons. The number of phenolic OH excluding ortho intramolecular Hbond substituents is 1. The van der Waals surface area contributed by atoms with Gasteiger partial charge in [0.1, 0.15) is 5.75 Å². The fourth-order valence-electron chi connectivity index (χ4n) is 4.12. The lowest BCUT2D eigenvalue weighted by molar-refractivity contribution is 0.102. The molecule has 3 aromatic carbocycles. The molecule has 1 heterocycles. The van der Waals surface area contributed by atoms with Crippen LogP contribution in [0, 0.1) is 13.8 Å². The molecule has 1 aromatic heterocycles.